The van der Waals surface area contributed by atoms with Crippen molar-refractivity contribution in [2.45, 2.75) is 12.8 Å². The first-order valence-electron chi connectivity index (χ1n) is 3.55. The summed E-state index contributed by atoms with van der Waals surface area (Å²) in [6.07, 6.45) is 2.78. The van der Waals surface area contributed by atoms with E-state index in [1.807, 2.05) is 6.92 Å². The van der Waals surface area contributed by atoms with E-state index in [4.69, 9.17) is 5.73 Å². The Balaban J connectivity index is 0.00000121. The molecule has 0 fully saturated rings. The lowest BCUT2D eigenvalue weighted by molar-refractivity contribution is 0.584. The van der Waals surface area contributed by atoms with Crippen LogP contribution in [0.2, 0.25) is 0 Å². The fourth-order valence-electron chi connectivity index (χ4n) is 0.913. The Labute approximate surface area is 77.4 Å². The number of nitrogens with two attached hydrogens (primary N) is 1. The second-order valence-corrected chi connectivity index (χ2v) is 2.53. The molecule has 1 atom stereocenters. The van der Waals surface area contributed by atoms with Crippen molar-refractivity contribution in [3.63, 3.8) is 0 Å². The minimum absolute atomic E-state index is 0. The Morgan fingerprint density at radius 1 is 1.67 bits per heavy atom. The molecule has 1 aromatic rings. The van der Waals surface area contributed by atoms with E-state index in [2.05, 4.69) is 4.98 Å². The molecule has 0 aliphatic heterocycles. The number of rotatable bonds is 2. The monoisotopic (exact) mass is 190 g/mol. The highest BCUT2D eigenvalue weighted by molar-refractivity contribution is 5.85. The number of nitrogens with zero attached hydrogens (tertiary/aromatic N) is 1. The molecule has 1 aromatic heterocycles. The van der Waals surface area contributed by atoms with Crippen LogP contribution in [0.25, 0.3) is 0 Å². The molecule has 2 N–H and O–H groups in total. The molecule has 0 spiro atoms. The maximum Gasteiger partial charge on any atom is 0.144 e. The van der Waals surface area contributed by atoms with E-state index in [1.165, 1.54) is 6.20 Å². The lowest BCUT2D eigenvalue weighted by Gasteiger charge is -2.08. The van der Waals surface area contributed by atoms with Crippen LogP contribution in [0.15, 0.2) is 18.5 Å². The minimum Gasteiger partial charge on any atom is -0.330 e. The SMILES string of the molecule is CC(CN)c1ccncc1F.Cl. The maximum atomic E-state index is 12.9. The Morgan fingerprint density at radius 3 is 2.83 bits per heavy atom. The highest BCUT2D eigenvalue weighted by Gasteiger charge is 2.07. The van der Waals surface area contributed by atoms with Crippen LogP contribution in [0.4, 0.5) is 4.39 Å². The lowest BCUT2D eigenvalue weighted by atomic mass is 10.0. The molecule has 0 aliphatic carbocycles. The molecule has 1 rings (SSSR count). The summed E-state index contributed by atoms with van der Waals surface area (Å²) >= 11 is 0. The van der Waals surface area contributed by atoms with Crippen LogP contribution in [0.5, 0.6) is 0 Å². The fourth-order valence-corrected chi connectivity index (χ4v) is 0.913. The van der Waals surface area contributed by atoms with Gasteiger partial charge in [0.25, 0.3) is 0 Å². The van der Waals surface area contributed by atoms with Gasteiger partial charge in [-0.25, -0.2) is 4.39 Å². The third-order valence-electron chi connectivity index (χ3n) is 1.69. The summed E-state index contributed by atoms with van der Waals surface area (Å²) in [5.41, 5.74) is 6.03. The fraction of sp³-hybridized carbons (Fsp3) is 0.375. The summed E-state index contributed by atoms with van der Waals surface area (Å²) in [5.74, 6) is -0.205. The van der Waals surface area contributed by atoms with Gasteiger partial charge in [0.2, 0.25) is 0 Å². The number of pyridine rings is 1. The first-order valence-corrected chi connectivity index (χ1v) is 3.55. The molecule has 1 unspecified atom stereocenters. The predicted octanol–water partition coefficient (Wildman–Crippen LogP) is 1.70. The Bertz CT molecular complexity index is 242. The molecule has 0 aromatic carbocycles. The van der Waals surface area contributed by atoms with Gasteiger partial charge in [-0.3, -0.25) is 4.98 Å². The molecule has 0 saturated carbocycles. The van der Waals surface area contributed by atoms with Gasteiger partial charge in [0.1, 0.15) is 5.82 Å². The molecular formula is C8H12ClFN2. The highest BCUT2D eigenvalue weighted by Crippen LogP contribution is 2.15. The molecule has 0 saturated heterocycles. The third-order valence-corrected chi connectivity index (χ3v) is 1.69. The summed E-state index contributed by atoms with van der Waals surface area (Å²) < 4.78 is 12.9. The first kappa shape index (κ1) is 11.3. The lowest BCUT2D eigenvalue weighted by Crippen LogP contribution is -2.10. The average Bonchev–Trinajstić information content (AvgIpc) is 2.04. The van der Waals surface area contributed by atoms with Gasteiger partial charge in [0, 0.05) is 6.20 Å². The highest BCUT2D eigenvalue weighted by atomic mass is 35.5. The number of hydrogen-bond donors (Lipinski definition) is 1. The summed E-state index contributed by atoms with van der Waals surface area (Å²) in [5, 5.41) is 0. The van der Waals surface area contributed by atoms with Gasteiger partial charge in [0.15, 0.2) is 0 Å². The zero-order chi connectivity index (χ0) is 8.27. The normalized spacial score (nSPS) is 11.9. The van der Waals surface area contributed by atoms with Gasteiger partial charge in [-0.15, -0.1) is 12.4 Å². The van der Waals surface area contributed by atoms with Crippen molar-refractivity contribution in [2.24, 2.45) is 5.73 Å². The zero-order valence-electron chi connectivity index (χ0n) is 6.83. The summed E-state index contributed by atoms with van der Waals surface area (Å²) in [4.78, 5) is 3.65. The second kappa shape index (κ2) is 5.06. The zero-order valence-corrected chi connectivity index (χ0v) is 7.64. The van der Waals surface area contributed by atoms with Crippen LogP contribution in [0, 0.1) is 5.82 Å². The van der Waals surface area contributed by atoms with Crippen LogP contribution in [-0.4, -0.2) is 11.5 Å². The molecule has 0 amide bonds. The molecular weight excluding hydrogens is 179 g/mol. The number of hydrogen-bond acceptors (Lipinski definition) is 2. The van der Waals surface area contributed by atoms with E-state index in [0.29, 0.717) is 12.1 Å². The van der Waals surface area contributed by atoms with Crippen molar-refractivity contribution in [1.29, 1.82) is 0 Å². The summed E-state index contributed by atoms with van der Waals surface area (Å²) in [7, 11) is 0. The van der Waals surface area contributed by atoms with E-state index in [1.54, 1.807) is 12.3 Å². The molecule has 0 aliphatic rings. The van der Waals surface area contributed by atoms with E-state index in [0.717, 1.165) is 0 Å². The second-order valence-electron chi connectivity index (χ2n) is 2.53. The van der Waals surface area contributed by atoms with E-state index >= 15 is 0 Å². The van der Waals surface area contributed by atoms with Crippen LogP contribution in [-0.2, 0) is 0 Å². The van der Waals surface area contributed by atoms with E-state index in [-0.39, 0.29) is 24.1 Å². The van der Waals surface area contributed by atoms with Crippen LogP contribution < -0.4 is 5.73 Å². The van der Waals surface area contributed by atoms with Gasteiger partial charge < -0.3 is 5.73 Å². The average molecular weight is 191 g/mol. The molecule has 1 heterocycles. The third kappa shape index (κ3) is 2.43. The summed E-state index contributed by atoms with van der Waals surface area (Å²) in [6, 6.07) is 1.66. The quantitative estimate of drug-likeness (QED) is 0.771. The topological polar surface area (TPSA) is 38.9 Å². The standard InChI is InChI=1S/C8H11FN2.ClH/c1-6(4-10)7-2-3-11-5-8(7)9;/h2-3,5-6H,4,10H2,1H3;1H. The van der Waals surface area contributed by atoms with Crippen molar-refractivity contribution in [2.75, 3.05) is 6.54 Å². The van der Waals surface area contributed by atoms with E-state index in [9.17, 15) is 4.39 Å². The number of aromatic nitrogens is 1. The largest absolute Gasteiger partial charge is 0.330 e. The van der Waals surface area contributed by atoms with Gasteiger partial charge >= 0.3 is 0 Å². The Kier molecular flexibility index (Phi) is 4.78. The molecule has 2 nitrogen and oxygen atoms in total. The number of halogens is 2. The van der Waals surface area contributed by atoms with Gasteiger partial charge in [-0.1, -0.05) is 6.92 Å². The van der Waals surface area contributed by atoms with Crippen molar-refractivity contribution < 1.29 is 4.39 Å². The molecule has 4 heteroatoms. The molecule has 68 valence electrons. The van der Waals surface area contributed by atoms with Gasteiger partial charge in [-0.05, 0) is 24.1 Å². The van der Waals surface area contributed by atoms with Crippen molar-refractivity contribution in [3.8, 4) is 0 Å². The minimum atomic E-state index is -0.273. The first-order chi connectivity index (χ1) is 5.25. The van der Waals surface area contributed by atoms with Crippen molar-refractivity contribution >= 4 is 12.4 Å². The molecule has 0 radical (unpaired) electrons. The van der Waals surface area contributed by atoms with Crippen LogP contribution in [0.3, 0.4) is 0 Å². The van der Waals surface area contributed by atoms with Gasteiger partial charge in [0.05, 0.1) is 6.20 Å². The smallest absolute Gasteiger partial charge is 0.144 e. The summed E-state index contributed by atoms with van der Waals surface area (Å²) in [6.45, 7) is 2.35. The Morgan fingerprint density at radius 2 is 2.33 bits per heavy atom. The maximum absolute atomic E-state index is 12.9. The molecule has 12 heavy (non-hydrogen) atoms. The Hall–Kier alpha value is -0.670. The predicted molar refractivity (Wildman–Crippen MR) is 48.9 cm³/mol. The van der Waals surface area contributed by atoms with Gasteiger partial charge in [-0.2, -0.15) is 0 Å². The molecule has 0 bridgehead atoms. The van der Waals surface area contributed by atoms with Crippen molar-refractivity contribution in [3.05, 3.63) is 29.8 Å². The van der Waals surface area contributed by atoms with Crippen molar-refractivity contribution in [1.82, 2.24) is 4.98 Å². The van der Waals surface area contributed by atoms with E-state index < -0.39 is 0 Å². The van der Waals surface area contributed by atoms with Crippen LogP contribution in [0.1, 0.15) is 18.4 Å². The van der Waals surface area contributed by atoms with Crippen LogP contribution >= 0.6 is 12.4 Å².